The van der Waals surface area contributed by atoms with Gasteiger partial charge < -0.3 is 14.6 Å². The second-order valence-electron chi connectivity index (χ2n) is 5.83. The Balaban J connectivity index is 1.63. The standard InChI is InChI=1S/C20H21N3O3/c1-3-17(14-7-5-4-6-8-14)19(24)21-13-18-22-20(26-23-18)15-9-11-16(25-2)12-10-15/h4-12,17H,3,13H2,1-2H3,(H,21,24)/t17-/m1/s1. The van der Waals surface area contributed by atoms with E-state index in [0.717, 1.165) is 23.3 Å². The van der Waals surface area contributed by atoms with E-state index in [1.54, 1.807) is 7.11 Å². The van der Waals surface area contributed by atoms with Crippen LogP contribution in [0.5, 0.6) is 5.75 Å². The van der Waals surface area contributed by atoms with E-state index >= 15 is 0 Å². The molecule has 0 aliphatic rings. The molecule has 1 N–H and O–H groups in total. The first-order valence-electron chi connectivity index (χ1n) is 8.51. The van der Waals surface area contributed by atoms with Crippen LogP contribution in [0.4, 0.5) is 0 Å². The average Bonchev–Trinajstić information content (AvgIpc) is 3.17. The van der Waals surface area contributed by atoms with Gasteiger partial charge in [-0.2, -0.15) is 4.98 Å². The maximum Gasteiger partial charge on any atom is 0.257 e. The number of aromatic nitrogens is 2. The van der Waals surface area contributed by atoms with Gasteiger partial charge in [-0.3, -0.25) is 4.79 Å². The van der Waals surface area contributed by atoms with Gasteiger partial charge in [-0.25, -0.2) is 0 Å². The largest absolute Gasteiger partial charge is 0.497 e. The number of hydrogen-bond donors (Lipinski definition) is 1. The van der Waals surface area contributed by atoms with Crippen molar-refractivity contribution in [2.75, 3.05) is 7.11 Å². The van der Waals surface area contributed by atoms with E-state index in [2.05, 4.69) is 15.5 Å². The number of amides is 1. The Bertz CT molecular complexity index is 844. The Labute approximate surface area is 152 Å². The molecule has 6 heteroatoms. The highest BCUT2D eigenvalue weighted by Gasteiger charge is 2.19. The fourth-order valence-electron chi connectivity index (χ4n) is 2.72. The summed E-state index contributed by atoms with van der Waals surface area (Å²) >= 11 is 0. The minimum absolute atomic E-state index is 0.0468. The van der Waals surface area contributed by atoms with Crippen LogP contribution >= 0.6 is 0 Å². The summed E-state index contributed by atoms with van der Waals surface area (Å²) in [5.74, 6) is 1.37. The zero-order chi connectivity index (χ0) is 18.4. The summed E-state index contributed by atoms with van der Waals surface area (Å²) in [6.45, 7) is 2.22. The van der Waals surface area contributed by atoms with Gasteiger partial charge in [-0.05, 0) is 36.2 Å². The summed E-state index contributed by atoms with van der Waals surface area (Å²) in [4.78, 5) is 16.8. The van der Waals surface area contributed by atoms with Crippen molar-refractivity contribution in [3.05, 3.63) is 66.0 Å². The van der Waals surface area contributed by atoms with Crippen molar-refractivity contribution >= 4 is 5.91 Å². The minimum atomic E-state index is -0.191. The zero-order valence-electron chi connectivity index (χ0n) is 14.8. The predicted molar refractivity (Wildman–Crippen MR) is 97.6 cm³/mol. The van der Waals surface area contributed by atoms with Crippen molar-refractivity contribution < 1.29 is 14.1 Å². The van der Waals surface area contributed by atoms with Crippen LogP contribution in [0.2, 0.25) is 0 Å². The third kappa shape index (κ3) is 4.08. The van der Waals surface area contributed by atoms with Crippen molar-refractivity contribution in [2.45, 2.75) is 25.8 Å². The third-order valence-electron chi connectivity index (χ3n) is 4.15. The lowest BCUT2D eigenvalue weighted by Crippen LogP contribution is -2.29. The van der Waals surface area contributed by atoms with Gasteiger partial charge in [0.25, 0.3) is 5.89 Å². The highest BCUT2D eigenvalue weighted by atomic mass is 16.5. The SMILES string of the molecule is CC[C@@H](C(=O)NCc1noc(-c2ccc(OC)cc2)n1)c1ccccc1. The summed E-state index contributed by atoms with van der Waals surface area (Å²) in [6.07, 6.45) is 0.721. The maximum absolute atomic E-state index is 12.5. The fourth-order valence-corrected chi connectivity index (χ4v) is 2.72. The third-order valence-corrected chi connectivity index (χ3v) is 4.15. The number of rotatable bonds is 7. The molecule has 6 nitrogen and oxygen atoms in total. The van der Waals surface area contributed by atoms with Gasteiger partial charge in [-0.1, -0.05) is 42.4 Å². The minimum Gasteiger partial charge on any atom is -0.497 e. The molecule has 0 unspecified atom stereocenters. The second-order valence-corrected chi connectivity index (χ2v) is 5.83. The van der Waals surface area contributed by atoms with Gasteiger partial charge in [0.2, 0.25) is 5.91 Å². The van der Waals surface area contributed by atoms with E-state index in [4.69, 9.17) is 9.26 Å². The molecule has 1 amide bonds. The quantitative estimate of drug-likeness (QED) is 0.704. The van der Waals surface area contributed by atoms with Gasteiger partial charge >= 0.3 is 0 Å². The Kier molecular flexibility index (Phi) is 5.63. The molecule has 0 aliphatic heterocycles. The molecule has 0 fully saturated rings. The first kappa shape index (κ1) is 17.7. The molecule has 0 spiro atoms. The summed E-state index contributed by atoms with van der Waals surface area (Å²) < 4.78 is 10.4. The van der Waals surface area contributed by atoms with E-state index in [1.165, 1.54) is 0 Å². The van der Waals surface area contributed by atoms with Gasteiger partial charge in [0.15, 0.2) is 5.82 Å². The molecule has 0 saturated heterocycles. The van der Waals surface area contributed by atoms with Crippen LogP contribution in [0.3, 0.4) is 0 Å². The summed E-state index contributed by atoms with van der Waals surface area (Å²) in [5.41, 5.74) is 1.80. The molecule has 3 rings (SSSR count). The van der Waals surface area contributed by atoms with Gasteiger partial charge in [-0.15, -0.1) is 0 Å². The lowest BCUT2D eigenvalue weighted by molar-refractivity contribution is -0.122. The smallest absolute Gasteiger partial charge is 0.257 e. The van der Waals surface area contributed by atoms with E-state index in [1.807, 2.05) is 61.5 Å². The molecule has 0 bridgehead atoms. The van der Waals surface area contributed by atoms with Crippen LogP contribution in [0, 0.1) is 0 Å². The van der Waals surface area contributed by atoms with E-state index in [0.29, 0.717) is 11.7 Å². The fraction of sp³-hybridized carbons (Fsp3) is 0.250. The van der Waals surface area contributed by atoms with Crippen LogP contribution in [0.25, 0.3) is 11.5 Å². The van der Waals surface area contributed by atoms with Gasteiger partial charge in [0.05, 0.1) is 19.6 Å². The Morgan fingerprint density at radius 3 is 2.54 bits per heavy atom. The number of benzene rings is 2. The van der Waals surface area contributed by atoms with E-state index in [9.17, 15) is 4.79 Å². The Morgan fingerprint density at radius 1 is 1.15 bits per heavy atom. The van der Waals surface area contributed by atoms with Crippen LogP contribution in [0.15, 0.2) is 59.1 Å². The molecular weight excluding hydrogens is 330 g/mol. The number of nitrogens with one attached hydrogen (secondary N) is 1. The molecule has 1 aromatic heterocycles. The molecule has 1 atom stereocenters. The molecule has 134 valence electrons. The van der Waals surface area contributed by atoms with Crippen molar-refractivity contribution in [1.82, 2.24) is 15.5 Å². The lowest BCUT2D eigenvalue weighted by Gasteiger charge is -2.14. The number of methoxy groups -OCH3 is 1. The molecule has 0 saturated carbocycles. The normalized spacial score (nSPS) is 11.8. The molecular formula is C20H21N3O3. The monoisotopic (exact) mass is 351 g/mol. The van der Waals surface area contributed by atoms with Gasteiger partial charge in [0.1, 0.15) is 5.75 Å². The van der Waals surface area contributed by atoms with Crippen LogP contribution < -0.4 is 10.1 Å². The van der Waals surface area contributed by atoms with Crippen LogP contribution in [-0.4, -0.2) is 23.2 Å². The maximum atomic E-state index is 12.5. The van der Waals surface area contributed by atoms with Crippen LogP contribution in [-0.2, 0) is 11.3 Å². The topological polar surface area (TPSA) is 77.2 Å². The summed E-state index contributed by atoms with van der Waals surface area (Å²) in [5, 5.41) is 6.82. The van der Waals surface area contributed by atoms with Crippen molar-refractivity contribution in [1.29, 1.82) is 0 Å². The van der Waals surface area contributed by atoms with Crippen LogP contribution in [0.1, 0.15) is 30.7 Å². The number of ether oxygens (including phenoxy) is 1. The number of hydrogen-bond acceptors (Lipinski definition) is 5. The van der Waals surface area contributed by atoms with Crippen molar-refractivity contribution in [3.8, 4) is 17.2 Å². The van der Waals surface area contributed by atoms with E-state index in [-0.39, 0.29) is 18.4 Å². The molecule has 1 heterocycles. The first-order chi connectivity index (χ1) is 12.7. The highest BCUT2D eigenvalue weighted by Crippen LogP contribution is 2.21. The summed E-state index contributed by atoms with van der Waals surface area (Å²) in [7, 11) is 1.61. The second kappa shape index (κ2) is 8.29. The highest BCUT2D eigenvalue weighted by molar-refractivity contribution is 5.83. The molecule has 26 heavy (non-hydrogen) atoms. The Hall–Kier alpha value is -3.15. The molecule has 3 aromatic rings. The van der Waals surface area contributed by atoms with E-state index < -0.39 is 0 Å². The lowest BCUT2D eigenvalue weighted by atomic mass is 9.96. The molecule has 0 aliphatic carbocycles. The average molecular weight is 351 g/mol. The molecule has 2 aromatic carbocycles. The van der Waals surface area contributed by atoms with Gasteiger partial charge in [0, 0.05) is 5.56 Å². The van der Waals surface area contributed by atoms with Crippen molar-refractivity contribution in [2.24, 2.45) is 0 Å². The number of carbonyl (C=O) groups is 1. The Morgan fingerprint density at radius 2 is 1.88 bits per heavy atom. The number of carbonyl (C=O) groups excluding carboxylic acids is 1. The number of nitrogens with zero attached hydrogens (tertiary/aromatic N) is 2. The first-order valence-corrected chi connectivity index (χ1v) is 8.51. The van der Waals surface area contributed by atoms with Crippen molar-refractivity contribution in [3.63, 3.8) is 0 Å². The predicted octanol–water partition coefficient (Wildman–Crippen LogP) is 3.56. The zero-order valence-corrected chi connectivity index (χ0v) is 14.8. The summed E-state index contributed by atoms with van der Waals surface area (Å²) in [6, 6.07) is 17.1. The molecule has 0 radical (unpaired) electrons.